The molecule has 0 atom stereocenters. The molecule has 1 aromatic rings. The Labute approximate surface area is 111 Å². The van der Waals surface area contributed by atoms with Crippen molar-refractivity contribution in [2.75, 3.05) is 20.3 Å². The van der Waals surface area contributed by atoms with E-state index in [2.05, 4.69) is 0 Å². The average Bonchev–Trinajstić information content (AvgIpc) is 2.37. The molecule has 17 heavy (non-hydrogen) atoms. The quantitative estimate of drug-likeness (QED) is 0.868. The first kappa shape index (κ1) is 14.2. The van der Waals surface area contributed by atoms with Crippen molar-refractivity contribution in [3.8, 4) is 11.5 Å². The zero-order chi connectivity index (χ0) is 12.7. The minimum Gasteiger partial charge on any atom is -0.497 e. The first-order chi connectivity index (χ1) is 8.21. The molecule has 0 fully saturated rings. The van der Waals surface area contributed by atoms with Crippen molar-refractivity contribution < 1.29 is 9.47 Å². The molecule has 0 aromatic heterocycles. The summed E-state index contributed by atoms with van der Waals surface area (Å²) in [5, 5.41) is 0.438. The molecular weight excluding hydrogens is 261 g/mol. The molecule has 2 N–H and O–H groups in total. The molecule has 0 heterocycles. The summed E-state index contributed by atoms with van der Waals surface area (Å²) in [6.07, 6.45) is 0.738. The Morgan fingerprint density at radius 1 is 1.47 bits per heavy atom. The van der Waals surface area contributed by atoms with Crippen LogP contribution in [0.25, 0.3) is 0 Å². The van der Waals surface area contributed by atoms with E-state index in [0.29, 0.717) is 17.3 Å². The molecule has 0 unspecified atom stereocenters. The third-order valence-corrected chi connectivity index (χ3v) is 2.77. The predicted octanol–water partition coefficient (Wildman–Crippen LogP) is 2.89. The Hall–Kier alpha value is -0.900. The van der Waals surface area contributed by atoms with Gasteiger partial charge < -0.3 is 15.2 Å². The molecule has 0 aliphatic carbocycles. The standard InChI is InChI=1S/C12H15Cl2NO2/c1-16-11-3-2-9(4-5-15)12(6-11)17-8-10(14)7-13/h2-3,6-7H,4-5,8,15H2,1H3. The first-order valence-corrected chi connectivity index (χ1v) is 5.97. The van der Waals surface area contributed by atoms with Gasteiger partial charge in [0.25, 0.3) is 0 Å². The first-order valence-electron chi connectivity index (χ1n) is 5.15. The molecule has 0 radical (unpaired) electrons. The van der Waals surface area contributed by atoms with E-state index in [1.807, 2.05) is 18.2 Å². The van der Waals surface area contributed by atoms with Crippen LogP contribution in [0.4, 0.5) is 0 Å². The lowest BCUT2D eigenvalue weighted by Gasteiger charge is -2.12. The van der Waals surface area contributed by atoms with Crippen molar-refractivity contribution in [2.24, 2.45) is 5.73 Å². The lowest BCUT2D eigenvalue weighted by Crippen LogP contribution is -2.06. The minimum absolute atomic E-state index is 0.232. The van der Waals surface area contributed by atoms with Gasteiger partial charge in [0.1, 0.15) is 18.1 Å². The van der Waals surface area contributed by atoms with Crippen molar-refractivity contribution in [1.82, 2.24) is 0 Å². The summed E-state index contributed by atoms with van der Waals surface area (Å²) in [6.45, 7) is 0.789. The van der Waals surface area contributed by atoms with E-state index in [-0.39, 0.29) is 6.61 Å². The fourth-order valence-electron chi connectivity index (χ4n) is 1.34. The van der Waals surface area contributed by atoms with Gasteiger partial charge in [-0.2, -0.15) is 0 Å². The molecule has 0 bridgehead atoms. The zero-order valence-electron chi connectivity index (χ0n) is 9.58. The van der Waals surface area contributed by atoms with Gasteiger partial charge in [-0.15, -0.1) is 0 Å². The lowest BCUT2D eigenvalue weighted by atomic mass is 10.1. The van der Waals surface area contributed by atoms with Gasteiger partial charge in [0, 0.05) is 11.6 Å². The van der Waals surface area contributed by atoms with Gasteiger partial charge in [-0.05, 0) is 24.6 Å². The van der Waals surface area contributed by atoms with Gasteiger partial charge in [0.2, 0.25) is 0 Å². The number of rotatable bonds is 6. The van der Waals surface area contributed by atoms with Gasteiger partial charge in [0.15, 0.2) is 0 Å². The van der Waals surface area contributed by atoms with E-state index in [1.54, 1.807) is 7.11 Å². The Morgan fingerprint density at radius 3 is 2.82 bits per heavy atom. The molecule has 1 aromatic carbocycles. The van der Waals surface area contributed by atoms with E-state index < -0.39 is 0 Å². The fourth-order valence-corrected chi connectivity index (χ4v) is 1.45. The van der Waals surface area contributed by atoms with Crippen molar-refractivity contribution >= 4 is 23.2 Å². The van der Waals surface area contributed by atoms with Gasteiger partial charge in [-0.25, -0.2) is 0 Å². The number of benzene rings is 1. The molecule has 3 nitrogen and oxygen atoms in total. The van der Waals surface area contributed by atoms with Crippen LogP contribution in [0.15, 0.2) is 28.8 Å². The smallest absolute Gasteiger partial charge is 0.126 e. The zero-order valence-corrected chi connectivity index (χ0v) is 11.1. The van der Waals surface area contributed by atoms with E-state index in [1.165, 1.54) is 5.54 Å². The fraction of sp³-hybridized carbons (Fsp3) is 0.333. The molecular formula is C12H15Cl2NO2. The second kappa shape index (κ2) is 7.43. The van der Waals surface area contributed by atoms with Crippen LogP contribution in [0.1, 0.15) is 5.56 Å². The van der Waals surface area contributed by atoms with Gasteiger partial charge in [-0.1, -0.05) is 29.3 Å². The van der Waals surface area contributed by atoms with Crippen molar-refractivity contribution in [1.29, 1.82) is 0 Å². The normalized spacial score (nSPS) is 11.4. The second-order valence-electron chi connectivity index (χ2n) is 3.36. The Kier molecular flexibility index (Phi) is 6.19. The molecule has 1 rings (SSSR count). The molecule has 94 valence electrons. The van der Waals surface area contributed by atoms with Crippen LogP contribution >= 0.6 is 23.2 Å². The highest BCUT2D eigenvalue weighted by molar-refractivity contribution is 6.36. The van der Waals surface area contributed by atoms with Crippen LogP contribution in [0.2, 0.25) is 0 Å². The van der Waals surface area contributed by atoms with Crippen LogP contribution in [0.3, 0.4) is 0 Å². The number of methoxy groups -OCH3 is 1. The maximum Gasteiger partial charge on any atom is 0.126 e. The summed E-state index contributed by atoms with van der Waals surface area (Å²) < 4.78 is 10.7. The highest BCUT2D eigenvalue weighted by atomic mass is 35.5. The van der Waals surface area contributed by atoms with Gasteiger partial charge >= 0.3 is 0 Å². The summed E-state index contributed by atoms with van der Waals surface area (Å²) in [7, 11) is 1.60. The highest BCUT2D eigenvalue weighted by Crippen LogP contribution is 2.25. The predicted molar refractivity (Wildman–Crippen MR) is 71.0 cm³/mol. The highest BCUT2D eigenvalue weighted by Gasteiger charge is 2.06. The van der Waals surface area contributed by atoms with Crippen molar-refractivity contribution in [3.05, 3.63) is 34.3 Å². The van der Waals surface area contributed by atoms with E-state index >= 15 is 0 Å². The van der Waals surface area contributed by atoms with Crippen LogP contribution in [-0.4, -0.2) is 20.3 Å². The molecule has 0 aliphatic rings. The maximum atomic E-state index is 5.77. The average molecular weight is 276 g/mol. The largest absolute Gasteiger partial charge is 0.497 e. The van der Waals surface area contributed by atoms with E-state index in [0.717, 1.165) is 17.7 Å². The van der Waals surface area contributed by atoms with Crippen LogP contribution in [-0.2, 0) is 6.42 Å². The molecule has 0 aliphatic heterocycles. The maximum absolute atomic E-state index is 5.77. The molecule has 0 saturated heterocycles. The SMILES string of the molecule is COc1ccc(CCN)c(OCC(Cl)=CCl)c1. The number of halogens is 2. The third-order valence-electron chi connectivity index (χ3n) is 2.17. The Bertz CT molecular complexity index is 394. The number of nitrogens with two attached hydrogens (primary N) is 1. The number of hydrogen-bond donors (Lipinski definition) is 1. The van der Waals surface area contributed by atoms with Crippen molar-refractivity contribution in [3.63, 3.8) is 0 Å². The summed E-state index contributed by atoms with van der Waals surface area (Å²) in [5.74, 6) is 1.44. The Balaban J connectivity index is 2.84. The van der Waals surface area contributed by atoms with Crippen LogP contribution < -0.4 is 15.2 Å². The summed E-state index contributed by atoms with van der Waals surface area (Å²) in [6, 6.07) is 5.61. The lowest BCUT2D eigenvalue weighted by molar-refractivity contribution is 0.350. The van der Waals surface area contributed by atoms with Gasteiger partial charge in [-0.3, -0.25) is 0 Å². The van der Waals surface area contributed by atoms with E-state index in [4.69, 9.17) is 38.4 Å². The van der Waals surface area contributed by atoms with Gasteiger partial charge in [0.05, 0.1) is 12.1 Å². The minimum atomic E-state index is 0.232. The second-order valence-corrected chi connectivity index (χ2v) is 4.06. The molecule has 0 amide bonds. The van der Waals surface area contributed by atoms with E-state index in [9.17, 15) is 0 Å². The number of ether oxygens (including phenoxy) is 2. The third kappa shape index (κ3) is 4.46. The summed E-state index contributed by atoms with van der Waals surface area (Å²) in [4.78, 5) is 0. The summed E-state index contributed by atoms with van der Waals surface area (Å²) >= 11 is 11.2. The van der Waals surface area contributed by atoms with Crippen LogP contribution in [0.5, 0.6) is 11.5 Å². The molecule has 0 saturated carbocycles. The summed E-state index contributed by atoms with van der Waals surface area (Å²) in [5.41, 5.74) is 7.84. The molecule has 0 spiro atoms. The van der Waals surface area contributed by atoms with Crippen LogP contribution in [0, 0.1) is 0 Å². The van der Waals surface area contributed by atoms with Crippen molar-refractivity contribution in [2.45, 2.75) is 6.42 Å². The topological polar surface area (TPSA) is 44.5 Å². The Morgan fingerprint density at radius 2 is 2.24 bits per heavy atom. The molecule has 5 heteroatoms. The monoisotopic (exact) mass is 275 g/mol. The number of hydrogen-bond acceptors (Lipinski definition) is 3.